The lowest BCUT2D eigenvalue weighted by molar-refractivity contribution is -0.122. The van der Waals surface area contributed by atoms with Gasteiger partial charge in [-0.25, -0.2) is 9.98 Å². The number of nitrogens with zero attached hydrogens (tertiary/aromatic N) is 3. The Kier molecular flexibility index (Phi) is 8.53. The van der Waals surface area contributed by atoms with Gasteiger partial charge in [-0.05, 0) is 49.9 Å². The smallest absolute Gasteiger partial charge is 0.220 e. The molecule has 2 heterocycles. The number of halogens is 1. The first-order valence-electron chi connectivity index (χ1n) is 10.8. The Balaban J connectivity index is 1.61. The van der Waals surface area contributed by atoms with E-state index in [2.05, 4.69) is 32.7 Å². The highest BCUT2D eigenvalue weighted by Gasteiger charge is 2.24. The fourth-order valence-corrected chi connectivity index (χ4v) is 3.95. The van der Waals surface area contributed by atoms with E-state index in [1.807, 2.05) is 31.2 Å². The Morgan fingerprint density at radius 1 is 1.26 bits per heavy atom. The largest absolute Gasteiger partial charge is 0.369 e. The summed E-state index contributed by atoms with van der Waals surface area (Å²) in [5.41, 5.74) is 7.71. The van der Waals surface area contributed by atoms with Crippen molar-refractivity contribution in [2.75, 3.05) is 31.1 Å². The summed E-state index contributed by atoms with van der Waals surface area (Å²) in [7, 11) is 0. The molecule has 0 radical (unpaired) electrons. The van der Waals surface area contributed by atoms with E-state index < -0.39 is 0 Å². The average molecular weight is 443 g/mol. The van der Waals surface area contributed by atoms with Crippen molar-refractivity contribution in [3.8, 4) is 0 Å². The molecular formula is C23H31ClN6O. The van der Waals surface area contributed by atoms with Crippen LogP contribution in [0.25, 0.3) is 0 Å². The van der Waals surface area contributed by atoms with Gasteiger partial charge in [-0.3, -0.25) is 4.79 Å². The number of hydrogen-bond donors (Lipinski definition) is 3. The van der Waals surface area contributed by atoms with Gasteiger partial charge in [0.25, 0.3) is 0 Å². The highest BCUT2D eigenvalue weighted by Crippen LogP contribution is 2.24. The van der Waals surface area contributed by atoms with Crippen LogP contribution in [0.4, 0.5) is 5.82 Å². The van der Waals surface area contributed by atoms with Gasteiger partial charge in [0.2, 0.25) is 5.91 Å². The summed E-state index contributed by atoms with van der Waals surface area (Å²) >= 11 is 6.07. The Labute approximate surface area is 189 Å². The molecule has 8 heteroatoms. The molecule has 1 amide bonds. The number of hydrogen-bond acceptors (Lipinski definition) is 4. The van der Waals surface area contributed by atoms with Crippen molar-refractivity contribution in [2.24, 2.45) is 16.6 Å². The van der Waals surface area contributed by atoms with Gasteiger partial charge in [0.1, 0.15) is 5.82 Å². The molecule has 3 rings (SSSR count). The summed E-state index contributed by atoms with van der Waals surface area (Å²) < 4.78 is 0. The van der Waals surface area contributed by atoms with Crippen LogP contribution < -0.4 is 21.3 Å². The number of nitrogens with one attached hydrogen (secondary N) is 2. The molecule has 7 nitrogen and oxygen atoms in total. The SMILES string of the molecule is CCNC(=NCc1cccnc1N1CCC(C(N)=O)CC1)NCCc1cccc(Cl)c1. The maximum absolute atomic E-state index is 11.4. The molecule has 31 heavy (non-hydrogen) atoms. The van der Waals surface area contributed by atoms with Crippen LogP contribution in [-0.4, -0.2) is 43.0 Å². The highest BCUT2D eigenvalue weighted by molar-refractivity contribution is 6.30. The van der Waals surface area contributed by atoms with Crippen molar-refractivity contribution < 1.29 is 4.79 Å². The standard InChI is InChI=1S/C23H31ClN6O/c1-2-26-23(28-12-8-17-5-3-7-20(24)15-17)29-16-19-6-4-11-27-22(19)30-13-9-18(10-14-30)21(25)31/h3-7,11,15,18H,2,8-10,12-14,16H2,1H3,(H2,25,31)(H2,26,28,29). The molecule has 2 aromatic rings. The lowest BCUT2D eigenvalue weighted by Gasteiger charge is -2.32. The van der Waals surface area contributed by atoms with Crippen molar-refractivity contribution in [2.45, 2.75) is 32.7 Å². The van der Waals surface area contributed by atoms with Crippen molar-refractivity contribution in [3.63, 3.8) is 0 Å². The number of carbonyl (C=O) groups is 1. The molecule has 0 unspecified atom stereocenters. The second kappa shape index (κ2) is 11.6. The van der Waals surface area contributed by atoms with E-state index in [0.29, 0.717) is 6.54 Å². The molecule has 0 spiro atoms. The Bertz CT molecular complexity index is 895. The number of benzene rings is 1. The van der Waals surface area contributed by atoms with E-state index in [4.69, 9.17) is 22.3 Å². The van der Waals surface area contributed by atoms with Crippen LogP contribution in [0, 0.1) is 5.92 Å². The third-order valence-electron chi connectivity index (χ3n) is 5.41. The fraction of sp³-hybridized carbons (Fsp3) is 0.435. The number of piperidine rings is 1. The summed E-state index contributed by atoms with van der Waals surface area (Å²) in [6, 6.07) is 11.9. The minimum absolute atomic E-state index is 0.0366. The van der Waals surface area contributed by atoms with E-state index in [0.717, 1.165) is 67.8 Å². The van der Waals surface area contributed by atoms with Gasteiger partial charge in [0.15, 0.2) is 5.96 Å². The van der Waals surface area contributed by atoms with Gasteiger partial charge in [0.05, 0.1) is 6.54 Å². The minimum Gasteiger partial charge on any atom is -0.369 e. The second-order valence-corrected chi connectivity index (χ2v) is 8.09. The first kappa shape index (κ1) is 22.9. The zero-order valence-electron chi connectivity index (χ0n) is 18.0. The van der Waals surface area contributed by atoms with Gasteiger partial charge >= 0.3 is 0 Å². The normalized spacial score (nSPS) is 15.0. The average Bonchev–Trinajstić information content (AvgIpc) is 2.78. The molecule has 0 bridgehead atoms. The summed E-state index contributed by atoms with van der Waals surface area (Å²) in [6.45, 7) is 5.66. The zero-order valence-corrected chi connectivity index (χ0v) is 18.7. The van der Waals surface area contributed by atoms with Crippen molar-refractivity contribution >= 4 is 29.3 Å². The molecular weight excluding hydrogens is 412 g/mol. The second-order valence-electron chi connectivity index (χ2n) is 7.65. The van der Waals surface area contributed by atoms with Crippen LogP contribution in [0.5, 0.6) is 0 Å². The van der Waals surface area contributed by atoms with Gasteiger partial charge in [-0.1, -0.05) is 29.8 Å². The maximum Gasteiger partial charge on any atom is 0.220 e. The number of rotatable bonds is 8. The number of aromatic nitrogens is 1. The summed E-state index contributed by atoms with van der Waals surface area (Å²) in [6.07, 6.45) is 4.19. The topological polar surface area (TPSA) is 95.6 Å². The molecule has 166 valence electrons. The van der Waals surface area contributed by atoms with Gasteiger partial charge in [-0.2, -0.15) is 0 Å². The number of amides is 1. The van der Waals surface area contributed by atoms with Crippen molar-refractivity contribution in [3.05, 3.63) is 58.7 Å². The third-order valence-corrected chi connectivity index (χ3v) is 5.65. The van der Waals surface area contributed by atoms with E-state index >= 15 is 0 Å². The molecule has 1 aliphatic rings. The number of nitrogens with two attached hydrogens (primary N) is 1. The molecule has 0 atom stereocenters. The van der Waals surface area contributed by atoms with Crippen LogP contribution in [0.3, 0.4) is 0 Å². The first-order chi connectivity index (χ1) is 15.1. The van der Waals surface area contributed by atoms with Crippen LogP contribution >= 0.6 is 11.6 Å². The fourth-order valence-electron chi connectivity index (χ4n) is 3.74. The lowest BCUT2D eigenvalue weighted by Crippen LogP contribution is -2.39. The molecule has 0 aliphatic carbocycles. The van der Waals surface area contributed by atoms with E-state index in [1.54, 1.807) is 6.20 Å². The number of pyridine rings is 1. The van der Waals surface area contributed by atoms with Crippen LogP contribution in [0.2, 0.25) is 5.02 Å². The molecule has 1 saturated heterocycles. The van der Waals surface area contributed by atoms with E-state index in [1.165, 1.54) is 5.56 Å². The summed E-state index contributed by atoms with van der Waals surface area (Å²) in [5, 5.41) is 7.43. The number of guanidine groups is 1. The maximum atomic E-state index is 11.4. The number of primary amides is 1. The summed E-state index contributed by atoms with van der Waals surface area (Å²) in [5.74, 6) is 1.46. The van der Waals surface area contributed by atoms with Crippen molar-refractivity contribution in [1.29, 1.82) is 0 Å². The molecule has 1 fully saturated rings. The van der Waals surface area contributed by atoms with Crippen LogP contribution in [0.1, 0.15) is 30.9 Å². The molecule has 0 saturated carbocycles. The minimum atomic E-state index is -0.204. The quantitative estimate of drug-likeness (QED) is 0.431. The number of anilines is 1. The Morgan fingerprint density at radius 3 is 2.77 bits per heavy atom. The van der Waals surface area contributed by atoms with Gasteiger partial charge in [-0.15, -0.1) is 0 Å². The number of carbonyl (C=O) groups excluding carboxylic acids is 1. The summed E-state index contributed by atoms with van der Waals surface area (Å²) in [4.78, 5) is 23.0. The van der Waals surface area contributed by atoms with Gasteiger partial charge < -0.3 is 21.3 Å². The molecule has 4 N–H and O–H groups in total. The molecule has 1 aromatic carbocycles. The van der Waals surface area contributed by atoms with Crippen LogP contribution in [-0.2, 0) is 17.8 Å². The highest BCUT2D eigenvalue weighted by atomic mass is 35.5. The Morgan fingerprint density at radius 2 is 2.06 bits per heavy atom. The number of aliphatic imine (C=N–C) groups is 1. The van der Waals surface area contributed by atoms with Crippen LogP contribution in [0.15, 0.2) is 47.6 Å². The predicted molar refractivity (Wildman–Crippen MR) is 126 cm³/mol. The molecule has 1 aromatic heterocycles. The lowest BCUT2D eigenvalue weighted by atomic mass is 9.96. The first-order valence-corrected chi connectivity index (χ1v) is 11.2. The third kappa shape index (κ3) is 6.85. The van der Waals surface area contributed by atoms with Crippen molar-refractivity contribution in [1.82, 2.24) is 15.6 Å². The van der Waals surface area contributed by atoms with Gasteiger partial charge in [0, 0.05) is 48.9 Å². The predicted octanol–water partition coefficient (Wildman–Crippen LogP) is 2.73. The van der Waals surface area contributed by atoms with E-state index in [9.17, 15) is 4.79 Å². The molecule has 1 aliphatic heterocycles. The Hall–Kier alpha value is -2.80. The van der Waals surface area contributed by atoms with E-state index in [-0.39, 0.29) is 11.8 Å². The monoisotopic (exact) mass is 442 g/mol. The zero-order chi connectivity index (χ0) is 22.1.